The first-order valence-corrected chi connectivity index (χ1v) is 7.73. The maximum absolute atomic E-state index is 6.08. The standard InChI is InChI=1S/C15H26N4/c1-11-10-19(14-5-3-4-6-14)15(17-11)18-8-7-13(16)9-12(18)2/h10,12-14H,3-9,16H2,1-2H3. The second-order valence-electron chi connectivity index (χ2n) is 6.35. The van der Waals surface area contributed by atoms with Crippen molar-refractivity contribution in [2.75, 3.05) is 11.4 Å². The van der Waals surface area contributed by atoms with Crippen LogP contribution in [0.5, 0.6) is 0 Å². The molecule has 0 amide bonds. The third-order valence-corrected chi connectivity index (χ3v) is 4.72. The van der Waals surface area contributed by atoms with Crippen LogP contribution in [-0.4, -0.2) is 28.2 Å². The third kappa shape index (κ3) is 2.50. The predicted molar refractivity (Wildman–Crippen MR) is 78.5 cm³/mol. The molecule has 4 nitrogen and oxygen atoms in total. The molecule has 0 bridgehead atoms. The van der Waals surface area contributed by atoms with Gasteiger partial charge >= 0.3 is 0 Å². The summed E-state index contributed by atoms with van der Waals surface area (Å²) in [5, 5.41) is 0. The number of imidazole rings is 1. The summed E-state index contributed by atoms with van der Waals surface area (Å²) in [6.45, 7) is 5.43. The smallest absolute Gasteiger partial charge is 0.206 e. The Morgan fingerprint density at radius 2 is 2.00 bits per heavy atom. The molecule has 1 saturated heterocycles. The van der Waals surface area contributed by atoms with E-state index in [-0.39, 0.29) is 0 Å². The Hall–Kier alpha value is -1.03. The van der Waals surface area contributed by atoms with E-state index in [9.17, 15) is 0 Å². The van der Waals surface area contributed by atoms with Crippen molar-refractivity contribution in [1.82, 2.24) is 9.55 Å². The van der Waals surface area contributed by atoms with Gasteiger partial charge in [-0.3, -0.25) is 0 Å². The minimum atomic E-state index is 0.363. The minimum Gasteiger partial charge on any atom is -0.339 e. The van der Waals surface area contributed by atoms with Gasteiger partial charge in [0.15, 0.2) is 0 Å². The first-order chi connectivity index (χ1) is 9.15. The summed E-state index contributed by atoms with van der Waals surface area (Å²) in [5.41, 5.74) is 7.22. The van der Waals surface area contributed by atoms with Gasteiger partial charge in [0.1, 0.15) is 0 Å². The highest BCUT2D eigenvalue weighted by Crippen LogP contribution is 2.34. The van der Waals surface area contributed by atoms with Crippen LogP contribution in [0.15, 0.2) is 6.20 Å². The predicted octanol–water partition coefficient (Wildman–Crippen LogP) is 2.62. The van der Waals surface area contributed by atoms with Crippen molar-refractivity contribution in [3.8, 4) is 0 Å². The van der Waals surface area contributed by atoms with Crippen LogP contribution in [0.1, 0.15) is 57.2 Å². The summed E-state index contributed by atoms with van der Waals surface area (Å²) in [7, 11) is 0. The molecule has 2 heterocycles. The minimum absolute atomic E-state index is 0.363. The van der Waals surface area contributed by atoms with Gasteiger partial charge in [0, 0.05) is 30.9 Å². The zero-order valence-corrected chi connectivity index (χ0v) is 12.2. The van der Waals surface area contributed by atoms with E-state index in [4.69, 9.17) is 10.7 Å². The van der Waals surface area contributed by atoms with E-state index in [2.05, 4.69) is 29.5 Å². The molecule has 2 unspecified atom stereocenters. The van der Waals surface area contributed by atoms with E-state index in [1.165, 1.54) is 31.6 Å². The molecule has 2 aliphatic rings. The number of rotatable bonds is 2. The van der Waals surface area contributed by atoms with Crippen LogP contribution in [-0.2, 0) is 0 Å². The van der Waals surface area contributed by atoms with Crippen LogP contribution in [0.2, 0.25) is 0 Å². The summed E-state index contributed by atoms with van der Waals surface area (Å²) >= 11 is 0. The second kappa shape index (κ2) is 5.16. The van der Waals surface area contributed by atoms with Gasteiger partial charge in [0.05, 0.1) is 5.69 Å². The number of nitrogens with two attached hydrogens (primary N) is 1. The maximum atomic E-state index is 6.08. The van der Waals surface area contributed by atoms with Gasteiger partial charge in [0.2, 0.25) is 5.95 Å². The van der Waals surface area contributed by atoms with Gasteiger partial charge in [-0.15, -0.1) is 0 Å². The van der Waals surface area contributed by atoms with Gasteiger partial charge in [-0.2, -0.15) is 0 Å². The highest BCUT2D eigenvalue weighted by Gasteiger charge is 2.29. The Balaban J connectivity index is 1.87. The molecule has 19 heavy (non-hydrogen) atoms. The lowest BCUT2D eigenvalue weighted by molar-refractivity contribution is 0.411. The van der Waals surface area contributed by atoms with E-state index in [1.807, 2.05) is 0 Å². The van der Waals surface area contributed by atoms with Crippen molar-refractivity contribution in [3.05, 3.63) is 11.9 Å². The third-order valence-electron chi connectivity index (χ3n) is 4.72. The van der Waals surface area contributed by atoms with Crippen molar-refractivity contribution in [3.63, 3.8) is 0 Å². The van der Waals surface area contributed by atoms with Crippen molar-refractivity contribution >= 4 is 5.95 Å². The van der Waals surface area contributed by atoms with Crippen LogP contribution >= 0.6 is 0 Å². The SMILES string of the molecule is Cc1cn(C2CCCC2)c(N2CCC(N)CC2C)n1. The van der Waals surface area contributed by atoms with E-state index in [1.54, 1.807) is 0 Å². The van der Waals surface area contributed by atoms with E-state index in [0.717, 1.165) is 25.1 Å². The molecule has 1 saturated carbocycles. The highest BCUT2D eigenvalue weighted by atomic mass is 15.3. The summed E-state index contributed by atoms with van der Waals surface area (Å²) in [5.74, 6) is 1.18. The monoisotopic (exact) mass is 262 g/mol. The fourth-order valence-corrected chi connectivity index (χ4v) is 3.67. The summed E-state index contributed by atoms with van der Waals surface area (Å²) < 4.78 is 2.44. The molecule has 106 valence electrons. The zero-order valence-electron chi connectivity index (χ0n) is 12.2. The highest BCUT2D eigenvalue weighted by molar-refractivity contribution is 5.36. The van der Waals surface area contributed by atoms with Crippen LogP contribution in [0, 0.1) is 6.92 Å². The Morgan fingerprint density at radius 1 is 1.26 bits per heavy atom. The molecular formula is C15H26N4. The van der Waals surface area contributed by atoms with E-state index in [0.29, 0.717) is 18.1 Å². The van der Waals surface area contributed by atoms with Crippen molar-refractivity contribution < 1.29 is 0 Å². The molecule has 3 rings (SSSR count). The largest absolute Gasteiger partial charge is 0.339 e. The van der Waals surface area contributed by atoms with Crippen molar-refractivity contribution in [2.45, 2.75) is 70.5 Å². The fourth-order valence-electron chi connectivity index (χ4n) is 3.67. The van der Waals surface area contributed by atoms with Crippen molar-refractivity contribution in [2.24, 2.45) is 5.73 Å². The van der Waals surface area contributed by atoms with Gasteiger partial charge in [-0.25, -0.2) is 4.98 Å². The molecule has 4 heteroatoms. The van der Waals surface area contributed by atoms with Crippen LogP contribution in [0.3, 0.4) is 0 Å². The number of anilines is 1. The number of nitrogens with zero attached hydrogens (tertiary/aromatic N) is 3. The van der Waals surface area contributed by atoms with Gasteiger partial charge in [0.25, 0.3) is 0 Å². The average Bonchev–Trinajstić information content (AvgIpc) is 2.97. The molecule has 2 fully saturated rings. The zero-order chi connectivity index (χ0) is 13.4. The Labute approximate surface area is 116 Å². The number of hydrogen-bond acceptors (Lipinski definition) is 3. The van der Waals surface area contributed by atoms with E-state index < -0.39 is 0 Å². The van der Waals surface area contributed by atoms with Crippen LogP contribution in [0.4, 0.5) is 5.95 Å². The normalized spacial score (nSPS) is 29.1. The first kappa shape index (κ1) is 13.0. The van der Waals surface area contributed by atoms with Gasteiger partial charge in [-0.05, 0) is 39.5 Å². The Kier molecular flexibility index (Phi) is 3.52. The first-order valence-electron chi connectivity index (χ1n) is 7.73. The molecule has 1 aliphatic heterocycles. The topological polar surface area (TPSA) is 47.1 Å². The number of piperidine rings is 1. The fraction of sp³-hybridized carbons (Fsp3) is 0.800. The van der Waals surface area contributed by atoms with Crippen LogP contribution < -0.4 is 10.6 Å². The molecule has 1 aromatic rings. The maximum Gasteiger partial charge on any atom is 0.206 e. The molecule has 2 atom stereocenters. The number of aromatic nitrogens is 2. The average molecular weight is 262 g/mol. The number of aryl methyl sites for hydroxylation is 1. The molecule has 0 aromatic carbocycles. The molecule has 1 aliphatic carbocycles. The Bertz CT molecular complexity index is 433. The lowest BCUT2D eigenvalue weighted by Crippen LogP contribution is -2.46. The lowest BCUT2D eigenvalue weighted by Gasteiger charge is -2.38. The molecular weight excluding hydrogens is 236 g/mol. The molecule has 2 N–H and O–H groups in total. The number of hydrogen-bond donors (Lipinski definition) is 1. The van der Waals surface area contributed by atoms with E-state index >= 15 is 0 Å². The summed E-state index contributed by atoms with van der Waals surface area (Å²) in [4.78, 5) is 7.27. The summed E-state index contributed by atoms with van der Waals surface area (Å²) in [6, 6.07) is 1.53. The second-order valence-corrected chi connectivity index (χ2v) is 6.35. The van der Waals surface area contributed by atoms with Crippen LogP contribution in [0.25, 0.3) is 0 Å². The quantitative estimate of drug-likeness (QED) is 0.891. The Morgan fingerprint density at radius 3 is 2.68 bits per heavy atom. The van der Waals surface area contributed by atoms with Gasteiger partial charge in [-0.1, -0.05) is 12.8 Å². The lowest BCUT2D eigenvalue weighted by atomic mass is 10.00. The summed E-state index contributed by atoms with van der Waals surface area (Å²) in [6.07, 6.45) is 9.75. The van der Waals surface area contributed by atoms with Gasteiger partial charge < -0.3 is 15.2 Å². The molecule has 0 radical (unpaired) electrons. The molecule has 1 aromatic heterocycles. The van der Waals surface area contributed by atoms with Crippen molar-refractivity contribution in [1.29, 1.82) is 0 Å². The molecule has 0 spiro atoms.